The molecule has 0 aliphatic rings. The first-order valence-corrected chi connectivity index (χ1v) is 5.77. The number of anilines is 2. The van der Waals surface area contributed by atoms with E-state index in [1.165, 1.54) is 5.56 Å². The fourth-order valence-electron chi connectivity index (χ4n) is 1.86. The largest absolute Gasteiger partial charge is 0.397 e. The molecule has 90 valence electrons. The summed E-state index contributed by atoms with van der Waals surface area (Å²) in [6, 6.07) is 7.89. The van der Waals surface area contributed by atoms with Crippen LogP contribution in [0.4, 0.5) is 11.4 Å². The van der Waals surface area contributed by atoms with Gasteiger partial charge in [-0.25, -0.2) is 0 Å². The first-order valence-electron chi connectivity index (χ1n) is 5.77. The molecule has 0 spiro atoms. The molecule has 0 aliphatic heterocycles. The molecule has 1 heterocycles. The molecule has 2 rings (SSSR count). The van der Waals surface area contributed by atoms with Gasteiger partial charge in [0, 0.05) is 31.9 Å². The first-order chi connectivity index (χ1) is 8.20. The van der Waals surface area contributed by atoms with Crippen molar-refractivity contribution in [3.63, 3.8) is 0 Å². The van der Waals surface area contributed by atoms with Crippen molar-refractivity contribution < 1.29 is 0 Å². The Morgan fingerprint density at radius 2 is 2.12 bits per heavy atom. The number of nitrogens with two attached hydrogens (primary N) is 1. The molecule has 0 radical (unpaired) electrons. The van der Waals surface area contributed by atoms with Crippen LogP contribution in [-0.2, 0) is 13.1 Å². The minimum Gasteiger partial charge on any atom is -0.397 e. The molecule has 17 heavy (non-hydrogen) atoms. The summed E-state index contributed by atoms with van der Waals surface area (Å²) < 4.78 is 1.93. The Bertz CT molecular complexity index is 490. The zero-order valence-electron chi connectivity index (χ0n) is 10.3. The van der Waals surface area contributed by atoms with Crippen LogP contribution in [0.3, 0.4) is 0 Å². The molecule has 0 fully saturated rings. The van der Waals surface area contributed by atoms with Gasteiger partial charge < -0.3 is 10.6 Å². The van der Waals surface area contributed by atoms with E-state index >= 15 is 0 Å². The molecule has 4 nitrogen and oxygen atoms in total. The summed E-state index contributed by atoms with van der Waals surface area (Å²) in [5.41, 5.74) is 8.99. The van der Waals surface area contributed by atoms with E-state index in [9.17, 15) is 0 Å². The van der Waals surface area contributed by atoms with Crippen LogP contribution in [-0.4, -0.2) is 16.8 Å². The maximum atomic E-state index is 5.94. The summed E-state index contributed by atoms with van der Waals surface area (Å²) >= 11 is 0. The van der Waals surface area contributed by atoms with Crippen molar-refractivity contribution in [1.82, 2.24) is 9.78 Å². The molecule has 1 aromatic heterocycles. The number of para-hydroxylation sites is 2. The first kappa shape index (κ1) is 11.5. The van der Waals surface area contributed by atoms with Crippen molar-refractivity contribution >= 4 is 11.4 Å². The highest BCUT2D eigenvalue weighted by atomic mass is 15.3. The van der Waals surface area contributed by atoms with Gasteiger partial charge in [0.1, 0.15) is 0 Å². The fraction of sp³-hybridized carbons (Fsp3) is 0.308. The van der Waals surface area contributed by atoms with Gasteiger partial charge in [-0.15, -0.1) is 0 Å². The van der Waals surface area contributed by atoms with Gasteiger partial charge in [-0.2, -0.15) is 5.10 Å². The van der Waals surface area contributed by atoms with Crippen LogP contribution in [0, 0.1) is 0 Å². The van der Waals surface area contributed by atoms with Crippen molar-refractivity contribution in [3.8, 4) is 0 Å². The zero-order chi connectivity index (χ0) is 12.3. The Labute approximate surface area is 102 Å². The van der Waals surface area contributed by atoms with Gasteiger partial charge in [-0.05, 0) is 19.1 Å². The van der Waals surface area contributed by atoms with E-state index < -0.39 is 0 Å². The number of aromatic nitrogens is 2. The van der Waals surface area contributed by atoms with Gasteiger partial charge in [0.2, 0.25) is 0 Å². The average Bonchev–Trinajstić information content (AvgIpc) is 2.77. The third-order valence-electron chi connectivity index (χ3n) is 2.78. The van der Waals surface area contributed by atoms with Crippen LogP contribution >= 0.6 is 0 Å². The average molecular weight is 230 g/mol. The number of aryl methyl sites for hydroxylation is 1. The van der Waals surface area contributed by atoms with E-state index in [-0.39, 0.29) is 0 Å². The van der Waals surface area contributed by atoms with E-state index in [4.69, 9.17) is 5.73 Å². The highest BCUT2D eigenvalue weighted by Gasteiger charge is 2.06. The number of rotatable bonds is 4. The molecular weight excluding hydrogens is 212 g/mol. The van der Waals surface area contributed by atoms with Crippen molar-refractivity contribution in [2.75, 3.05) is 17.7 Å². The third-order valence-corrected chi connectivity index (χ3v) is 2.78. The van der Waals surface area contributed by atoms with Gasteiger partial charge in [0.15, 0.2) is 0 Å². The van der Waals surface area contributed by atoms with Crippen molar-refractivity contribution in [2.24, 2.45) is 0 Å². The van der Waals surface area contributed by atoms with Crippen molar-refractivity contribution in [1.29, 1.82) is 0 Å². The second kappa shape index (κ2) is 4.91. The lowest BCUT2D eigenvalue weighted by molar-refractivity contribution is 0.659. The SMILES string of the molecule is CCn1cc(CN(C)c2ccccc2N)cn1. The quantitative estimate of drug-likeness (QED) is 0.818. The van der Waals surface area contributed by atoms with E-state index in [2.05, 4.69) is 23.1 Å². The van der Waals surface area contributed by atoms with Crippen LogP contribution in [0.5, 0.6) is 0 Å². The molecule has 0 amide bonds. The van der Waals surface area contributed by atoms with Crippen molar-refractivity contribution in [3.05, 3.63) is 42.2 Å². The maximum absolute atomic E-state index is 5.94. The van der Waals surface area contributed by atoms with Gasteiger partial charge in [0.05, 0.1) is 17.6 Å². The summed E-state index contributed by atoms with van der Waals surface area (Å²) in [6.45, 7) is 3.79. The Hall–Kier alpha value is -1.97. The summed E-state index contributed by atoms with van der Waals surface area (Å²) in [4.78, 5) is 2.13. The lowest BCUT2D eigenvalue weighted by Crippen LogP contribution is -2.17. The normalized spacial score (nSPS) is 10.5. The topological polar surface area (TPSA) is 47.1 Å². The van der Waals surface area contributed by atoms with Crippen LogP contribution in [0.2, 0.25) is 0 Å². The molecule has 0 saturated heterocycles. The standard InChI is InChI=1S/C13H18N4/c1-3-17-10-11(8-15-17)9-16(2)13-7-5-4-6-12(13)14/h4-8,10H,3,9,14H2,1-2H3. The van der Waals surface area contributed by atoms with Gasteiger partial charge in [-0.3, -0.25) is 4.68 Å². The second-order valence-corrected chi connectivity index (χ2v) is 4.12. The molecular formula is C13H18N4. The Kier molecular flexibility index (Phi) is 3.32. The van der Waals surface area contributed by atoms with E-state index in [1.807, 2.05) is 42.2 Å². The highest BCUT2D eigenvalue weighted by Crippen LogP contribution is 2.22. The molecule has 1 aromatic carbocycles. The fourth-order valence-corrected chi connectivity index (χ4v) is 1.86. The lowest BCUT2D eigenvalue weighted by Gasteiger charge is -2.20. The lowest BCUT2D eigenvalue weighted by atomic mass is 10.2. The predicted octanol–water partition coefficient (Wildman–Crippen LogP) is 2.12. The molecule has 0 saturated carbocycles. The van der Waals surface area contributed by atoms with Crippen molar-refractivity contribution in [2.45, 2.75) is 20.0 Å². The Morgan fingerprint density at radius 1 is 1.35 bits per heavy atom. The van der Waals surface area contributed by atoms with Gasteiger partial charge >= 0.3 is 0 Å². The molecule has 2 N–H and O–H groups in total. The highest BCUT2D eigenvalue weighted by molar-refractivity contribution is 5.66. The van der Waals surface area contributed by atoms with E-state index in [0.29, 0.717) is 0 Å². The van der Waals surface area contributed by atoms with Gasteiger partial charge in [-0.1, -0.05) is 12.1 Å². The monoisotopic (exact) mass is 230 g/mol. The maximum Gasteiger partial charge on any atom is 0.0600 e. The Morgan fingerprint density at radius 3 is 2.76 bits per heavy atom. The zero-order valence-corrected chi connectivity index (χ0v) is 10.3. The van der Waals surface area contributed by atoms with Crippen LogP contribution < -0.4 is 10.6 Å². The molecule has 0 unspecified atom stereocenters. The van der Waals surface area contributed by atoms with E-state index in [1.54, 1.807) is 0 Å². The number of hydrogen-bond donors (Lipinski definition) is 1. The molecule has 0 aliphatic carbocycles. The predicted molar refractivity (Wildman–Crippen MR) is 70.9 cm³/mol. The summed E-state index contributed by atoms with van der Waals surface area (Å²) in [5, 5.41) is 4.26. The minimum absolute atomic E-state index is 0.804. The third kappa shape index (κ3) is 2.58. The number of nitrogen functional groups attached to an aromatic ring is 1. The smallest absolute Gasteiger partial charge is 0.0600 e. The minimum atomic E-state index is 0.804. The molecule has 4 heteroatoms. The number of benzene rings is 1. The van der Waals surface area contributed by atoms with Crippen LogP contribution in [0.1, 0.15) is 12.5 Å². The molecule has 0 atom stereocenters. The van der Waals surface area contributed by atoms with Crippen LogP contribution in [0.15, 0.2) is 36.7 Å². The Balaban J connectivity index is 2.11. The number of hydrogen-bond acceptors (Lipinski definition) is 3. The van der Waals surface area contributed by atoms with E-state index in [0.717, 1.165) is 24.5 Å². The summed E-state index contributed by atoms with van der Waals surface area (Å²) in [7, 11) is 2.04. The summed E-state index contributed by atoms with van der Waals surface area (Å²) in [6.07, 6.45) is 3.97. The second-order valence-electron chi connectivity index (χ2n) is 4.12. The number of nitrogens with zero attached hydrogens (tertiary/aromatic N) is 3. The van der Waals surface area contributed by atoms with Gasteiger partial charge in [0.25, 0.3) is 0 Å². The summed E-state index contributed by atoms with van der Waals surface area (Å²) in [5.74, 6) is 0. The molecule has 0 bridgehead atoms. The van der Waals surface area contributed by atoms with Crippen LogP contribution in [0.25, 0.3) is 0 Å². The molecule has 2 aromatic rings.